The third-order valence-corrected chi connectivity index (χ3v) is 7.09. The number of allylic oxidation sites excluding steroid dienone is 1. The molecule has 0 aromatic heterocycles. The molecule has 7 rings (SSSR count). The van der Waals surface area contributed by atoms with Gasteiger partial charge in [0, 0.05) is 29.9 Å². The molecule has 3 aromatic rings. The Morgan fingerprint density at radius 3 is 2.84 bits per heavy atom. The molecule has 4 aliphatic rings. The molecule has 0 saturated carbocycles. The van der Waals surface area contributed by atoms with Gasteiger partial charge in [0.1, 0.15) is 18.1 Å². The summed E-state index contributed by atoms with van der Waals surface area (Å²) < 4.78 is 11.6. The molecule has 3 heterocycles. The lowest BCUT2D eigenvalue weighted by molar-refractivity contribution is 0.0262. The Morgan fingerprint density at radius 1 is 1.06 bits per heavy atom. The molecule has 32 heavy (non-hydrogen) atoms. The normalized spacial score (nSPS) is 21.3. The van der Waals surface area contributed by atoms with Crippen LogP contribution in [0.2, 0.25) is 0 Å². The van der Waals surface area contributed by atoms with Gasteiger partial charge in [-0.15, -0.1) is 0 Å². The summed E-state index contributed by atoms with van der Waals surface area (Å²) in [5.74, 6) is 1.92. The number of nitrogens with one attached hydrogen (secondary N) is 1. The van der Waals surface area contributed by atoms with Gasteiger partial charge in [-0.3, -0.25) is 4.90 Å². The van der Waals surface area contributed by atoms with Crippen LogP contribution in [-0.4, -0.2) is 37.2 Å². The molecule has 3 aromatic carbocycles. The molecular weight excluding hydrogens is 396 g/mol. The molecule has 4 heteroatoms. The van der Waals surface area contributed by atoms with Gasteiger partial charge in [-0.1, -0.05) is 36.4 Å². The Morgan fingerprint density at radius 2 is 1.97 bits per heavy atom. The van der Waals surface area contributed by atoms with E-state index in [9.17, 15) is 0 Å². The first-order valence-corrected chi connectivity index (χ1v) is 11.5. The van der Waals surface area contributed by atoms with Crippen molar-refractivity contribution in [2.75, 3.05) is 25.6 Å². The molecule has 162 valence electrons. The van der Waals surface area contributed by atoms with E-state index in [0.717, 1.165) is 43.2 Å². The quantitative estimate of drug-likeness (QED) is 0.555. The second-order valence-corrected chi connectivity index (χ2v) is 8.90. The number of benzene rings is 3. The molecule has 0 amide bonds. The van der Waals surface area contributed by atoms with Crippen LogP contribution in [0.4, 0.5) is 5.69 Å². The van der Waals surface area contributed by atoms with E-state index in [0.29, 0.717) is 12.1 Å². The SMILES string of the molecule is COc1ccc2cc(C3=CC4CC(C3)N4CCOc3cccc4c3CC=CN4)ccc2c1. The number of methoxy groups -OCH3 is 1. The van der Waals surface area contributed by atoms with Crippen LogP contribution in [0.3, 0.4) is 0 Å². The van der Waals surface area contributed by atoms with Crippen molar-refractivity contribution in [3.05, 3.63) is 84.1 Å². The van der Waals surface area contributed by atoms with Crippen molar-refractivity contribution in [2.45, 2.75) is 31.3 Å². The van der Waals surface area contributed by atoms with Gasteiger partial charge >= 0.3 is 0 Å². The van der Waals surface area contributed by atoms with Crippen LogP contribution in [0.25, 0.3) is 16.3 Å². The van der Waals surface area contributed by atoms with Gasteiger partial charge in [-0.25, -0.2) is 0 Å². The number of fused-ring (bicyclic) bond motifs is 3. The summed E-state index contributed by atoms with van der Waals surface area (Å²) in [6.07, 6.45) is 9.94. The van der Waals surface area contributed by atoms with Crippen molar-refractivity contribution in [1.29, 1.82) is 0 Å². The topological polar surface area (TPSA) is 33.7 Å². The van der Waals surface area contributed by atoms with Gasteiger partial charge < -0.3 is 14.8 Å². The first-order chi connectivity index (χ1) is 15.8. The molecule has 2 atom stereocenters. The van der Waals surface area contributed by atoms with Crippen molar-refractivity contribution in [2.24, 2.45) is 0 Å². The fraction of sp³-hybridized carbons (Fsp3) is 0.286. The average Bonchev–Trinajstić information content (AvgIpc) is 2.86. The molecule has 1 fully saturated rings. The molecule has 0 radical (unpaired) electrons. The number of nitrogens with zero attached hydrogens (tertiary/aromatic N) is 1. The Labute approximate surface area is 189 Å². The summed E-state index contributed by atoms with van der Waals surface area (Å²) >= 11 is 0. The fourth-order valence-electron chi connectivity index (χ4n) is 5.35. The van der Waals surface area contributed by atoms with Crippen molar-refractivity contribution in [1.82, 2.24) is 4.90 Å². The van der Waals surface area contributed by atoms with Crippen LogP contribution >= 0.6 is 0 Å². The van der Waals surface area contributed by atoms with Crippen LogP contribution < -0.4 is 14.8 Å². The third kappa shape index (κ3) is 3.45. The van der Waals surface area contributed by atoms with E-state index in [1.807, 2.05) is 12.3 Å². The van der Waals surface area contributed by atoms with Gasteiger partial charge in [0.05, 0.1) is 7.11 Å². The second kappa shape index (κ2) is 8.03. The van der Waals surface area contributed by atoms with Gasteiger partial charge in [0.25, 0.3) is 0 Å². The largest absolute Gasteiger partial charge is 0.497 e. The number of rotatable bonds is 6. The second-order valence-electron chi connectivity index (χ2n) is 8.90. The smallest absolute Gasteiger partial charge is 0.124 e. The van der Waals surface area contributed by atoms with Gasteiger partial charge in [0.15, 0.2) is 0 Å². The number of ether oxygens (including phenoxy) is 2. The van der Waals surface area contributed by atoms with E-state index in [4.69, 9.17) is 9.47 Å². The first-order valence-electron chi connectivity index (χ1n) is 11.5. The average molecular weight is 425 g/mol. The highest BCUT2D eigenvalue weighted by molar-refractivity contribution is 5.87. The van der Waals surface area contributed by atoms with E-state index < -0.39 is 0 Å². The predicted octanol–water partition coefficient (Wildman–Crippen LogP) is 5.64. The fourth-order valence-corrected chi connectivity index (χ4v) is 5.35. The Hall–Kier alpha value is -3.24. The highest BCUT2D eigenvalue weighted by Gasteiger charge is 2.40. The lowest BCUT2D eigenvalue weighted by Gasteiger charge is -2.51. The van der Waals surface area contributed by atoms with E-state index in [-0.39, 0.29) is 0 Å². The van der Waals surface area contributed by atoms with Crippen molar-refractivity contribution >= 4 is 22.0 Å². The zero-order valence-electron chi connectivity index (χ0n) is 18.4. The minimum absolute atomic E-state index is 0.535. The number of anilines is 1. The monoisotopic (exact) mass is 424 g/mol. The van der Waals surface area contributed by atoms with Gasteiger partial charge in [-0.05, 0) is 77.7 Å². The Balaban J connectivity index is 1.11. The van der Waals surface area contributed by atoms with Crippen LogP contribution in [0.1, 0.15) is 24.0 Å². The summed E-state index contributed by atoms with van der Waals surface area (Å²) in [4.78, 5) is 2.60. The van der Waals surface area contributed by atoms with E-state index >= 15 is 0 Å². The third-order valence-electron chi connectivity index (χ3n) is 7.09. The van der Waals surface area contributed by atoms with Crippen LogP contribution in [0.5, 0.6) is 11.5 Å². The maximum atomic E-state index is 6.21. The molecule has 1 saturated heterocycles. The van der Waals surface area contributed by atoms with Gasteiger partial charge in [-0.2, -0.15) is 0 Å². The van der Waals surface area contributed by atoms with Crippen LogP contribution in [-0.2, 0) is 6.42 Å². The zero-order valence-corrected chi connectivity index (χ0v) is 18.4. The summed E-state index contributed by atoms with van der Waals surface area (Å²) in [7, 11) is 1.72. The maximum absolute atomic E-state index is 6.21. The summed E-state index contributed by atoms with van der Waals surface area (Å²) in [5, 5.41) is 5.80. The van der Waals surface area contributed by atoms with Gasteiger partial charge in [0.2, 0.25) is 0 Å². The molecule has 1 aliphatic carbocycles. The molecule has 2 unspecified atom stereocenters. The van der Waals surface area contributed by atoms with Crippen molar-refractivity contribution in [3.63, 3.8) is 0 Å². The molecule has 2 bridgehead atoms. The van der Waals surface area contributed by atoms with E-state index in [1.54, 1.807) is 7.11 Å². The van der Waals surface area contributed by atoms with Crippen molar-refractivity contribution in [3.8, 4) is 11.5 Å². The Bertz CT molecular complexity index is 1230. The molecular formula is C28H28N2O2. The number of hydrogen-bond donors (Lipinski definition) is 1. The lowest BCUT2D eigenvalue weighted by atomic mass is 9.78. The summed E-state index contributed by atoms with van der Waals surface area (Å²) in [5.41, 5.74) is 5.25. The minimum atomic E-state index is 0.535. The molecule has 3 aliphatic heterocycles. The highest BCUT2D eigenvalue weighted by atomic mass is 16.5. The van der Waals surface area contributed by atoms with Crippen LogP contribution in [0.15, 0.2) is 72.9 Å². The summed E-state index contributed by atoms with van der Waals surface area (Å²) in [6, 6.07) is 20.5. The highest BCUT2D eigenvalue weighted by Crippen LogP contribution is 2.41. The first kappa shape index (κ1) is 19.4. The lowest BCUT2D eigenvalue weighted by Crippen LogP contribution is -2.58. The van der Waals surface area contributed by atoms with E-state index in [1.165, 1.54) is 33.9 Å². The molecule has 1 N–H and O–H groups in total. The predicted molar refractivity (Wildman–Crippen MR) is 130 cm³/mol. The zero-order chi connectivity index (χ0) is 21.5. The molecule has 0 spiro atoms. The van der Waals surface area contributed by atoms with Crippen LogP contribution in [0, 0.1) is 0 Å². The maximum Gasteiger partial charge on any atom is 0.124 e. The number of hydrogen-bond acceptors (Lipinski definition) is 4. The van der Waals surface area contributed by atoms with Crippen molar-refractivity contribution < 1.29 is 9.47 Å². The Kier molecular flexibility index (Phi) is 4.88. The molecule has 4 nitrogen and oxygen atoms in total. The minimum Gasteiger partial charge on any atom is -0.497 e. The summed E-state index contributed by atoms with van der Waals surface area (Å²) in [6.45, 7) is 1.71. The van der Waals surface area contributed by atoms with E-state index in [2.05, 4.69) is 70.9 Å². The standard InChI is InChI=1S/C28H28N2O2/c1-31-25-10-9-19-14-20(7-8-21(19)17-25)22-15-23-18-24(16-22)30(23)12-13-32-28-6-2-5-27-26(28)4-3-11-29-27/h2-3,5-11,14-15,17,23-24,29H,4,12-13,16,18H2,1H3.